The molecule has 1 fully saturated rings. The van der Waals surface area contributed by atoms with Crippen LogP contribution in [0.1, 0.15) is 17.3 Å². The van der Waals surface area contributed by atoms with Crippen LogP contribution in [0.2, 0.25) is 10.0 Å². The van der Waals surface area contributed by atoms with E-state index in [4.69, 9.17) is 27.9 Å². The predicted molar refractivity (Wildman–Crippen MR) is 158 cm³/mol. The molecule has 5 rings (SSSR count). The molecule has 8 nitrogen and oxygen atoms in total. The highest BCUT2D eigenvalue weighted by Crippen LogP contribution is 2.30. The van der Waals surface area contributed by atoms with E-state index in [1.165, 1.54) is 11.8 Å². The van der Waals surface area contributed by atoms with Gasteiger partial charge in [-0.25, -0.2) is 0 Å². The van der Waals surface area contributed by atoms with E-state index in [0.717, 1.165) is 17.0 Å². The minimum Gasteiger partial charge on any atom is -0.497 e. The van der Waals surface area contributed by atoms with Crippen molar-refractivity contribution >= 4 is 46.8 Å². The van der Waals surface area contributed by atoms with Gasteiger partial charge in [0.2, 0.25) is 5.91 Å². The molecule has 1 saturated heterocycles. The number of hydrogen-bond donors (Lipinski definition) is 0. The molecule has 0 N–H and O–H groups in total. The Hall–Kier alpha value is -3.53. The molecular formula is C29H27Cl2N5O3S. The van der Waals surface area contributed by atoms with Crippen LogP contribution in [0.15, 0.2) is 78.0 Å². The van der Waals surface area contributed by atoms with Crippen molar-refractivity contribution in [3.05, 3.63) is 88.4 Å². The van der Waals surface area contributed by atoms with Gasteiger partial charge in [-0.1, -0.05) is 65.3 Å². The lowest BCUT2D eigenvalue weighted by Gasteiger charge is -2.40. The summed E-state index contributed by atoms with van der Waals surface area (Å²) in [5.74, 6) is 1.41. The highest BCUT2D eigenvalue weighted by molar-refractivity contribution is 7.99. The standard InChI is InChI=1S/C29H27Cl2N5O3S/c1-19-17-34(13-14-35(19)28(38)21-11-12-24(30)25(31)16-21)26(37)18-40-29-33-32-27(20-7-6-10-23(15-20)39-2)36(29)22-8-4-3-5-9-22/h3-12,15-16,19H,13-14,17-18H2,1-2H3. The number of hydrogen-bond acceptors (Lipinski definition) is 6. The first-order valence-corrected chi connectivity index (χ1v) is 14.4. The molecule has 40 heavy (non-hydrogen) atoms. The van der Waals surface area contributed by atoms with Gasteiger partial charge in [-0.05, 0) is 49.4 Å². The average molecular weight is 597 g/mol. The maximum atomic E-state index is 13.2. The van der Waals surface area contributed by atoms with Crippen molar-refractivity contribution in [3.63, 3.8) is 0 Å². The Kier molecular flexibility index (Phi) is 8.63. The summed E-state index contributed by atoms with van der Waals surface area (Å²) in [6, 6.07) is 22.1. The van der Waals surface area contributed by atoms with Gasteiger partial charge in [0.15, 0.2) is 11.0 Å². The maximum absolute atomic E-state index is 13.2. The number of halogens is 2. The molecule has 1 aliphatic heterocycles. The van der Waals surface area contributed by atoms with Crippen LogP contribution in [0.5, 0.6) is 5.75 Å². The largest absolute Gasteiger partial charge is 0.497 e. The van der Waals surface area contributed by atoms with Crippen molar-refractivity contribution in [1.29, 1.82) is 0 Å². The van der Waals surface area contributed by atoms with E-state index in [1.807, 2.05) is 66.1 Å². The summed E-state index contributed by atoms with van der Waals surface area (Å²) < 4.78 is 7.34. The maximum Gasteiger partial charge on any atom is 0.254 e. The van der Waals surface area contributed by atoms with Crippen molar-refractivity contribution in [1.82, 2.24) is 24.6 Å². The van der Waals surface area contributed by atoms with E-state index in [9.17, 15) is 9.59 Å². The molecule has 0 bridgehead atoms. The summed E-state index contributed by atoms with van der Waals surface area (Å²) in [7, 11) is 1.62. The van der Waals surface area contributed by atoms with Gasteiger partial charge in [-0.15, -0.1) is 10.2 Å². The molecule has 11 heteroatoms. The van der Waals surface area contributed by atoms with Crippen molar-refractivity contribution < 1.29 is 14.3 Å². The van der Waals surface area contributed by atoms with Crippen molar-refractivity contribution in [2.75, 3.05) is 32.5 Å². The van der Waals surface area contributed by atoms with Crippen LogP contribution < -0.4 is 4.74 Å². The second kappa shape index (κ2) is 12.3. The lowest BCUT2D eigenvalue weighted by Crippen LogP contribution is -2.55. The minimum absolute atomic E-state index is 0.0240. The number of ether oxygens (including phenoxy) is 1. The number of rotatable bonds is 7. The lowest BCUT2D eigenvalue weighted by molar-refractivity contribution is -0.130. The van der Waals surface area contributed by atoms with Gasteiger partial charge in [0.25, 0.3) is 5.91 Å². The van der Waals surface area contributed by atoms with E-state index in [0.29, 0.717) is 46.2 Å². The second-order valence-corrected chi connectivity index (χ2v) is 11.1. The fraction of sp³-hybridized carbons (Fsp3) is 0.241. The quantitative estimate of drug-likeness (QED) is 0.254. The SMILES string of the molecule is COc1cccc(-c2nnc(SCC(=O)N3CCN(C(=O)c4ccc(Cl)c(Cl)c4)C(C)C3)n2-c2ccccc2)c1. The fourth-order valence-electron chi connectivity index (χ4n) is 4.62. The molecule has 2 heterocycles. The third kappa shape index (κ3) is 5.96. The Balaban J connectivity index is 1.28. The van der Waals surface area contributed by atoms with E-state index in [1.54, 1.807) is 35.1 Å². The Bertz CT molecular complexity index is 1530. The summed E-state index contributed by atoms with van der Waals surface area (Å²) in [4.78, 5) is 29.9. The zero-order chi connectivity index (χ0) is 28.2. The molecule has 1 aliphatic rings. The molecule has 0 radical (unpaired) electrons. The van der Waals surface area contributed by atoms with Gasteiger partial charge >= 0.3 is 0 Å². The molecule has 4 aromatic rings. The van der Waals surface area contributed by atoms with Crippen LogP contribution in [0.4, 0.5) is 0 Å². The van der Waals surface area contributed by atoms with Gasteiger partial charge in [-0.2, -0.15) is 0 Å². The highest BCUT2D eigenvalue weighted by atomic mass is 35.5. The molecule has 0 saturated carbocycles. The second-order valence-electron chi connectivity index (χ2n) is 9.31. The van der Waals surface area contributed by atoms with Crippen LogP contribution in [0.3, 0.4) is 0 Å². The smallest absolute Gasteiger partial charge is 0.254 e. The van der Waals surface area contributed by atoms with Crippen LogP contribution in [-0.4, -0.2) is 74.9 Å². The van der Waals surface area contributed by atoms with Gasteiger partial charge in [0.1, 0.15) is 5.75 Å². The first-order chi connectivity index (χ1) is 19.4. The third-order valence-electron chi connectivity index (χ3n) is 6.71. The van der Waals surface area contributed by atoms with Crippen LogP contribution >= 0.6 is 35.0 Å². The minimum atomic E-state index is -0.155. The summed E-state index contributed by atoms with van der Waals surface area (Å²) in [6.07, 6.45) is 0. The normalized spacial score (nSPS) is 15.2. The van der Waals surface area contributed by atoms with Crippen molar-refractivity contribution in [2.45, 2.75) is 18.1 Å². The van der Waals surface area contributed by atoms with E-state index in [-0.39, 0.29) is 23.6 Å². The summed E-state index contributed by atoms with van der Waals surface area (Å²) >= 11 is 13.4. The molecule has 206 valence electrons. The van der Waals surface area contributed by atoms with Gasteiger partial charge < -0.3 is 14.5 Å². The van der Waals surface area contributed by atoms with Gasteiger partial charge in [0, 0.05) is 42.5 Å². The lowest BCUT2D eigenvalue weighted by atomic mass is 10.1. The Morgan fingerprint density at radius 2 is 1.77 bits per heavy atom. The molecule has 3 aromatic carbocycles. The summed E-state index contributed by atoms with van der Waals surface area (Å²) in [6.45, 7) is 3.25. The molecule has 1 atom stereocenters. The summed E-state index contributed by atoms with van der Waals surface area (Å²) in [5, 5.41) is 10.2. The molecular weight excluding hydrogens is 569 g/mol. The number of carbonyl (C=O) groups is 2. The molecule has 1 aromatic heterocycles. The number of piperazine rings is 1. The molecule has 1 unspecified atom stereocenters. The molecule has 0 aliphatic carbocycles. The van der Waals surface area contributed by atoms with Crippen molar-refractivity contribution in [2.24, 2.45) is 0 Å². The van der Waals surface area contributed by atoms with Gasteiger partial charge in [0.05, 0.1) is 22.9 Å². The van der Waals surface area contributed by atoms with Crippen LogP contribution in [0, 0.1) is 0 Å². The first-order valence-electron chi connectivity index (χ1n) is 12.7. The Labute approximate surface area is 246 Å². The number of para-hydroxylation sites is 1. The number of methoxy groups -OCH3 is 1. The molecule has 0 spiro atoms. The number of benzene rings is 3. The zero-order valence-corrected chi connectivity index (χ0v) is 24.3. The fourth-order valence-corrected chi connectivity index (χ4v) is 5.77. The topological polar surface area (TPSA) is 80.6 Å². The van der Waals surface area contributed by atoms with Crippen molar-refractivity contribution in [3.8, 4) is 22.8 Å². The Morgan fingerprint density at radius 1 is 0.975 bits per heavy atom. The zero-order valence-electron chi connectivity index (χ0n) is 22.0. The van der Waals surface area contributed by atoms with E-state index >= 15 is 0 Å². The monoisotopic (exact) mass is 595 g/mol. The molecule has 2 amide bonds. The van der Waals surface area contributed by atoms with Gasteiger partial charge in [-0.3, -0.25) is 14.2 Å². The van der Waals surface area contributed by atoms with Crippen LogP contribution in [-0.2, 0) is 4.79 Å². The predicted octanol–water partition coefficient (Wildman–Crippen LogP) is 5.71. The number of aromatic nitrogens is 3. The Morgan fingerprint density at radius 3 is 2.50 bits per heavy atom. The van der Waals surface area contributed by atoms with Crippen LogP contribution in [0.25, 0.3) is 17.1 Å². The first kappa shape index (κ1) is 28.0. The number of amides is 2. The average Bonchev–Trinajstić information content (AvgIpc) is 3.41. The van der Waals surface area contributed by atoms with E-state index in [2.05, 4.69) is 10.2 Å². The number of thioether (sulfide) groups is 1. The number of nitrogens with zero attached hydrogens (tertiary/aromatic N) is 5. The summed E-state index contributed by atoms with van der Waals surface area (Å²) in [5.41, 5.74) is 2.22. The highest BCUT2D eigenvalue weighted by Gasteiger charge is 2.31. The number of carbonyl (C=O) groups excluding carboxylic acids is 2. The third-order valence-corrected chi connectivity index (χ3v) is 8.36. The van der Waals surface area contributed by atoms with E-state index < -0.39 is 0 Å².